The summed E-state index contributed by atoms with van der Waals surface area (Å²) in [4.78, 5) is 12.2. The fraction of sp³-hybridized carbons (Fsp3) is 0.733. The number of rotatable bonds is 4. The zero-order valence-electron chi connectivity index (χ0n) is 12.6. The summed E-state index contributed by atoms with van der Waals surface area (Å²) in [5.74, 6) is 0.508. The van der Waals surface area contributed by atoms with Crippen molar-refractivity contribution in [2.75, 3.05) is 0 Å². The Bertz CT molecular complexity index is 464. The van der Waals surface area contributed by atoms with Crippen molar-refractivity contribution in [2.24, 2.45) is 5.41 Å². The number of nitrogens with zero attached hydrogens (tertiary/aromatic N) is 1. The average molecular weight is 263 g/mol. The van der Waals surface area contributed by atoms with Crippen LogP contribution in [-0.4, -0.2) is 21.6 Å². The summed E-state index contributed by atoms with van der Waals surface area (Å²) in [7, 11) is 0. The molecule has 1 heterocycles. The third kappa shape index (κ3) is 4.08. The maximum atomic E-state index is 12.2. The van der Waals surface area contributed by atoms with Crippen LogP contribution in [0.3, 0.4) is 0 Å². The largest absolute Gasteiger partial charge is 0.346 e. The Morgan fingerprint density at radius 1 is 1.37 bits per heavy atom. The van der Waals surface area contributed by atoms with Gasteiger partial charge in [0.2, 0.25) is 0 Å². The quantitative estimate of drug-likeness (QED) is 0.876. The van der Waals surface area contributed by atoms with Crippen molar-refractivity contribution in [3.63, 3.8) is 0 Å². The Hall–Kier alpha value is -1.32. The second kappa shape index (κ2) is 4.66. The first-order chi connectivity index (χ1) is 8.66. The Kier molecular flexibility index (Phi) is 3.45. The Labute approximate surface area is 115 Å². The van der Waals surface area contributed by atoms with E-state index in [0.717, 1.165) is 12.1 Å². The first-order valence-electron chi connectivity index (χ1n) is 7.04. The van der Waals surface area contributed by atoms with Gasteiger partial charge in [0, 0.05) is 17.2 Å². The molecule has 0 aromatic carbocycles. The van der Waals surface area contributed by atoms with E-state index in [1.54, 1.807) is 0 Å². The number of hydrogen-bond donors (Lipinski definition) is 2. The van der Waals surface area contributed by atoms with Crippen LogP contribution in [-0.2, 0) is 0 Å². The highest BCUT2D eigenvalue weighted by Crippen LogP contribution is 2.39. The van der Waals surface area contributed by atoms with Crippen LogP contribution in [0.4, 0.5) is 0 Å². The van der Waals surface area contributed by atoms with Crippen molar-refractivity contribution in [1.29, 1.82) is 0 Å². The molecule has 1 amide bonds. The van der Waals surface area contributed by atoms with Gasteiger partial charge in [0.05, 0.1) is 0 Å². The second-order valence-electron chi connectivity index (χ2n) is 7.56. The molecule has 1 aromatic heterocycles. The lowest BCUT2D eigenvalue weighted by Gasteiger charge is -2.33. The zero-order valence-corrected chi connectivity index (χ0v) is 12.6. The molecule has 1 fully saturated rings. The molecule has 0 aliphatic heterocycles. The number of amides is 1. The fourth-order valence-corrected chi connectivity index (χ4v) is 2.80. The Morgan fingerprint density at radius 3 is 2.53 bits per heavy atom. The predicted octanol–water partition coefficient (Wildman–Crippen LogP) is 3.23. The minimum absolute atomic E-state index is 0.0857. The molecule has 4 nitrogen and oxygen atoms in total. The highest BCUT2D eigenvalue weighted by molar-refractivity contribution is 5.92. The molecule has 19 heavy (non-hydrogen) atoms. The monoisotopic (exact) mass is 263 g/mol. The summed E-state index contributed by atoms with van der Waals surface area (Å²) < 4.78 is 0. The maximum Gasteiger partial charge on any atom is 0.272 e. The average Bonchev–Trinajstić information content (AvgIpc) is 2.91. The van der Waals surface area contributed by atoms with E-state index in [9.17, 15) is 4.79 Å². The van der Waals surface area contributed by atoms with E-state index in [1.165, 1.54) is 12.8 Å². The number of carbonyl (C=O) groups is 1. The van der Waals surface area contributed by atoms with E-state index in [2.05, 4.69) is 50.1 Å². The Morgan fingerprint density at radius 2 is 2.00 bits per heavy atom. The molecule has 0 unspecified atom stereocenters. The van der Waals surface area contributed by atoms with Gasteiger partial charge in [-0.15, -0.1) is 0 Å². The number of nitrogens with one attached hydrogen (secondary N) is 2. The molecular weight excluding hydrogens is 238 g/mol. The van der Waals surface area contributed by atoms with Crippen LogP contribution >= 0.6 is 0 Å². The molecule has 1 aromatic rings. The third-order valence-electron chi connectivity index (χ3n) is 3.27. The van der Waals surface area contributed by atoms with Gasteiger partial charge in [0.25, 0.3) is 5.91 Å². The fourth-order valence-electron chi connectivity index (χ4n) is 2.80. The van der Waals surface area contributed by atoms with Gasteiger partial charge in [0.15, 0.2) is 0 Å². The smallest absolute Gasteiger partial charge is 0.272 e. The van der Waals surface area contributed by atoms with E-state index in [0.29, 0.717) is 11.6 Å². The highest BCUT2D eigenvalue weighted by Gasteiger charge is 2.30. The van der Waals surface area contributed by atoms with Gasteiger partial charge in [-0.25, -0.2) is 0 Å². The van der Waals surface area contributed by atoms with Crippen LogP contribution in [0.25, 0.3) is 0 Å². The van der Waals surface area contributed by atoms with Crippen molar-refractivity contribution in [1.82, 2.24) is 15.5 Å². The number of hydrogen-bond acceptors (Lipinski definition) is 2. The molecule has 0 spiro atoms. The van der Waals surface area contributed by atoms with E-state index < -0.39 is 0 Å². The summed E-state index contributed by atoms with van der Waals surface area (Å²) in [6.07, 6.45) is 3.34. The molecule has 1 aliphatic carbocycles. The van der Waals surface area contributed by atoms with Gasteiger partial charge in [-0.2, -0.15) is 5.10 Å². The van der Waals surface area contributed by atoms with Crippen LogP contribution in [0.2, 0.25) is 0 Å². The molecule has 1 saturated carbocycles. The van der Waals surface area contributed by atoms with Gasteiger partial charge in [-0.05, 0) is 44.6 Å². The molecule has 1 aliphatic rings. The lowest BCUT2D eigenvalue weighted by atomic mass is 9.82. The van der Waals surface area contributed by atoms with Crippen molar-refractivity contribution < 1.29 is 4.79 Å². The van der Waals surface area contributed by atoms with E-state index >= 15 is 0 Å². The summed E-state index contributed by atoms with van der Waals surface area (Å²) in [5, 5.41) is 10.2. The maximum absolute atomic E-state index is 12.2. The molecule has 0 radical (unpaired) electrons. The SMILES string of the molecule is CC(C)(C)CC(C)(C)NC(=O)c1cc(C2CC2)[nH]n1. The lowest BCUT2D eigenvalue weighted by molar-refractivity contribution is 0.0886. The highest BCUT2D eigenvalue weighted by atomic mass is 16.2. The van der Waals surface area contributed by atoms with E-state index in [4.69, 9.17) is 0 Å². The molecular formula is C15H25N3O. The number of aromatic nitrogens is 2. The normalized spacial score (nSPS) is 16.5. The standard InChI is InChI=1S/C15H25N3O/c1-14(2,3)9-15(4,5)16-13(19)12-8-11(17-18-12)10-6-7-10/h8,10H,6-7,9H2,1-5H3,(H,16,19)(H,17,18). The number of carbonyl (C=O) groups excluding carboxylic acids is 1. The van der Waals surface area contributed by atoms with Crippen LogP contribution < -0.4 is 5.32 Å². The third-order valence-corrected chi connectivity index (χ3v) is 3.27. The zero-order chi connectivity index (χ0) is 14.3. The molecule has 0 bridgehead atoms. The van der Waals surface area contributed by atoms with Crippen molar-refractivity contribution >= 4 is 5.91 Å². The lowest BCUT2D eigenvalue weighted by Crippen LogP contribution is -2.45. The summed E-state index contributed by atoms with van der Waals surface area (Å²) in [6, 6.07) is 1.89. The van der Waals surface area contributed by atoms with Crippen molar-refractivity contribution in [3.8, 4) is 0 Å². The first kappa shape index (κ1) is 14.1. The van der Waals surface area contributed by atoms with Gasteiger partial charge >= 0.3 is 0 Å². The number of H-pyrrole nitrogens is 1. The summed E-state index contributed by atoms with van der Waals surface area (Å²) in [6.45, 7) is 10.7. The van der Waals surface area contributed by atoms with Crippen molar-refractivity contribution in [2.45, 2.75) is 65.3 Å². The van der Waals surface area contributed by atoms with Gasteiger partial charge in [-0.3, -0.25) is 9.89 Å². The van der Waals surface area contributed by atoms with E-state index in [-0.39, 0.29) is 16.9 Å². The second-order valence-corrected chi connectivity index (χ2v) is 7.56. The van der Waals surface area contributed by atoms with Crippen LogP contribution in [0, 0.1) is 5.41 Å². The molecule has 0 atom stereocenters. The molecule has 2 N–H and O–H groups in total. The molecule has 106 valence electrons. The summed E-state index contributed by atoms with van der Waals surface area (Å²) >= 11 is 0. The van der Waals surface area contributed by atoms with Gasteiger partial charge in [0.1, 0.15) is 5.69 Å². The minimum atomic E-state index is -0.228. The van der Waals surface area contributed by atoms with Gasteiger partial charge in [-0.1, -0.05) is 20.8 Å². The van der Waals surface area contributed by atoms with Crippen LogP contribution in [0.5, 0.6) is 0 Å². The van der Waals surface area contributed by atoms with Crippen LogP contribution in [0.15, 0.2) is 6.07 Å². The van der Waals surface area contributed by atoms with Crippen molar-refractivity contribution in [3.05, 3.63) is 17.5 Å². The Balaban J connectivity index is 1.99. The summed E-state index contributed by atoms with van der Waals surface area (Å²) in [5.41, 5.74) is 1.55. The molecule has 4 heteroatoms. The van der Waals surface area contributed by atoms with E-state index in [1.807, 2.05) is 6.07 Å². The number of aromatic amines is 1. The first-order valence-corrected chi connectivity index (χ1v) is 7.04. The minimum Gasteiger partial charge on any atom is -0.346 e. The van der Waals surface area contributed by atoms with Gasteiger partial charge < -0.3 is 5.32 Å². The molecule has 0 saturated heterocycles. The van der Waals surface area contributed by atoms with Crippen LogP contribution in [0.1, 0.15) is 76.0 Å². The topological polar surface area (TPSA) is 57.8 Å². The predicted molar refractivity (Wildman–Crippen MR) is 76.2 cm³/mol. The molecule has 2 rings (SSSR count).